The Bertz CT molecular complexity index is 998. The molecule has 3 rings (SSSR count). The number of thiophene rings is 1. The van der Waals surface area contributed by atoms with Crippen LogP contribution in [0.1, 0.15) is 44.0 Å². The van der Waals surface area contributed by atoms with Crippen LogP contribution in [0.4, 0.5) is 9.80 Å². The molecule has 1 aliphatic heterocycles. The van der Waals surface area contributed by atoms with E-state index in [9.17, 15) is 19.2 Å². The average molecular weight is 444 g/mol. The largest absolute Gasteiger partial charge is 0.462 e. The highest BCUT2D eigenvalue weighted by molar-refractivity contribution is 7.15. The fraction of sp³-hybridized carbons (Fsp3) is 0.364. The Balaban J connectivity index is 1.83. The Morgan fingerprint density at radius 2 is 1.81 bits per heavy atom. The van der Waals surface area contributed by atoms with Gasteiger partial charge in [-0.25, -0.2) is 9.59 Å². The number of rotatable bonds is 8. The van der Waals surface area contributed by atoms with Crippen molar-refractivity contribution in [2.45, 2.75) is 39.2 Å². The smallest absolute Gasteiger partial charge is 0.341 e. The summed E-state index contributed by atoms with van der Waals surface area (Å²) in [5.41, 5.74) is 0.731. The van der Waals surface area contributed by atoms with Crippen LogP contribution in [0.25, 0.3) is 11.1 Å². The molecular weight excluding hydrogens is 418 g/mol. The highest BCUT2D eigenvalue weighted by Crippen LogP contribution is 2.36. The number of imide groups is 1. The minimum atomic E-state index is -0.975. The highest BCUT2D eigenvalue weighted by atomic mass is 32.1. The first kappa shape index (κ1) is 22.5. The minimum absolute atomic E-state index is 0.189. The van der Waals surface area contributed by atoms with Crippen LogP contribution < -0.4 is 10.6 Å². The van der Waals surface area contributed by atoms with Gasteiger partial charge >= 0.3 is 12.0 Å². The van der Waals surface area contributed by atoms with Crippen molar-refractivity contribution in [3.05, 3.63) is 41.3 Å². The number of nitrogens with zero attached hydrogens (tertiary/aromatic N) is 1. The number of hydrogen-bond donors (Lipinski definition) is 2. The van der Waals surface area contributed by atoms with Crippen LogP contribution in [0, 0.1) is 0 Å². The molecule has 9 heteroatoms. The first-order chi connectivity index (χ1) is 14.9. The second-order valence-electron chi connectivity index (χ2n) is 7.10. The molecule has 0 aliphatic carbocycles. The zero-order chi connectivity index (χ0) is 22.6. The second kappa shape index (κ2) is 9.30. The zero-order valence-corrected chi connectivity index (χ0v) is 18.5. The number of benzene rings is 1. The molecule has 0 spiro atoms. The van der Waals surface area contributed by atoms with Gasteiger partial charge < -0.3 is 15.4 Å². The van der Waals surface area contributed by atoms with E-state index < -0.39 is 35.9 Å². The number of carbonyl (C=O) groups is 4. The van der Waals surface area contributed by atoms with Gasteiger partial charge in [0.25, 0.3) is 5.91 Å². The third kappa shape index (κ3) is 4.32. The summed E-state index contributed by atoms with van der Waals surface area (Å²) >= 11 is 1.19. The maximum Gasteiger partial charge on any atom is 0.341 e. The molecule has 0 radical (unpaired) electrons. The summed E-state index contributed by atoms with van der Waals surface area (Å²) in [4.78, 5) is 51.3. The van der Waals surface area contributed by atoms with Crippen LogP contribution in [0.15, 0.2) is 35.7 Å². The lowest BCUT2D eigenvalue weighted by atomic mass is 9.93. The minimum Gasteiger partial charge on any atom is -0.462 e. The maximum absolute atomic E-state index is 12.7. The fourth-order valence-corrected chi connectivity index (χ4v) is 4.52. The molecular formula is C22H25N3O5S. The van der Waals surface area contributed by atoms with Gasteiger partial charge in [0.1, 0.15) is 22.6 Å². The molecule has 1 aromatic heterocycles. The quantitative estimate of drug-likeness (QED) is 0.479. The van der Waals surface area contributed by atoms with Crippen LogP contribution in [-0.2, 0) is 14.3 Å². The van der Waals surface area contributed by atoms with Gasteiger partial charge in [0.2, 0.25) is 5.91 Å². The van der Waals surface area contributed by atoms with Gasteiger partial charge in [-0.15, -0.1) is 11.3 Å². The number of esters is 1. The normalized spacial score (nSPS) is 15.0. The number of nitrogens with one attached hydrogen (secondary N) is 2. The van der Waals surface area contributed by atoms with Crippen LogP contribution >= 0.6 is 11.3 Å². The summed E-state index contributed by atoms with van der Waals surface area (Å²) in [6, 6.07) is 8.70. The summed E-state index contributed by atoms with van der Waals surface area (Å²) in [6.45, 7) is 5.08. The van der Waals surface area contributed by atoms with Gasteiger partial charge in [-0.05, 0) is 25.3 Å². The van der Waals surface area contributed by atoms with Crippen molar-refractivity contribution < 1.29 is 23.9 Å². The molecule has 8 nitrogen and oxygen atoms in total. The molecule has 0 unspecified atom stereocenters. The van der Waals surface area contributed by atoms with Gasteiger partial charge in [0, 0.05) is 10.9 Å². The molecule has 1 aliphatic rings. The van der Waals surface area contributed by atoms with Crippen molar-refractivity contribution >= 4 is 40.2 Å². The van der Waals surface area contributed by atoms with E-state index in [1.807, 2.05) is 44.2 Å². The lowest BCUT2D eigenvalue weighted by Crippen LogP contribution is -2.46. The van der Waals surface area contributed by atoms with E-state index in [0.717, 1.165) is 10.5 Å². The van der Waals surface area contributed by atoms with Crippen LogP contribution in [0.5, 0.6) is 0 Å². The first-order valence-corrected chi connectivity index (χ1v) is 11.0. The first-order valence-electron chi connectivity index (χ1n) is 10.1. The van der Waals surface area contributed by atoms with Gasteiger partial charge in [-0.1, -0.05) is 44.2 Å². The molecule has 1 fully saturated rings. The van der Waals surface area contributed by atoms with Crippen LogP contribution in [0.3, 0.4) is 0 Å². The molecule has 1 aromatic carbocycles. The van der Waals surface area contributed by atoms with E-state index in [-0.39, 0.29) is 12.2 Å². The Morgan fingerprint density at radius 3 is 2.39 bits per heavy atom. The lowest BCUT2D eigenvalue weighted by molar-refractivity contribution is -0.134. The van der Waals surface area contributed by atoms with Gasteiger partial charge in [-0.3, -0.25) is 14.5 Å². The third-order valence-corrected chi connectivity index (χ3v) is 6.26. The van der Waals surface area contributed by atoms with E-state index in [2.05, 4.69) is 10.6 Å². The Kier molecular flexibility index (Phi) is 6.74. The van der Waals surface area contributed by atoms with E-state index in [4.69, 9.17) is 4.74 Å². The Morgan fingerprint density at radius 1 is 1.13 bits per heavy atom. The lowest BCUT2D eigenvalue weighted by Gasteiger charge is -2.23. The van der Waals surface area contributed by atoms with E-state index in [1.165, 1.54) is 11.3 Å². The average Bonchev–Trinajstić information content (AvgIpc) is 3.29. The standard InChI is InChI=1S/C22H25N3O5S/c1-4-22(5-2)20(28)25(21(29)24-22)12-16(26)23-18-17(19(27)30-6-3)15(13-31-18)14-10-8-7-9-11-14/h7-11,13H,4-6,12H2,1-3H3,(H,23,26)(H,24,29). The monoisotopic (exact) mass is 443 g/mol. The SMILES string of the molecule is CCOC(=O)c1c(-c2ccccc2)csc1NC(=O)CN1C(=O)NC(CC)(CC)C1=O. The zero-order valence-electron chi connectivity index (χ0n) is 17.7. The molecule has 2 aromatic rings. The molecule has 2 heterocycles. The van der Waals surface area contributed by atoms with Gasteiger partial charge in [-0.2, -0.15) is 0 Å². The number of anilines is 1. The topological polar surface area (TPSA) is 105 Å². The third-order valence-electron chi connectivity index (χ3n) is 5.36. The van der Waals surface area contributed by atoms with Crippen molar-refractivity contribution in [3.8, 4) is 11.1 Å². The number of ether oxygens (including phenoxy) is 1. The number of urea groups is 1. The predicted octanol–water partition coefficient (Wildman–Crippen LogP) is 3.64. The molecule has 4 amide bonds. The van der Waals surface area contributed by atoms with Crippen molar-refractivity contribution in [2.75, 3.05) is 18.5 Å². The Labute approximate surface area is 184 Å². The van der Waals surface area contributed by atoms with E-state index in [0.29, 0.717) is 23.4 Å². The number of carbonyl (C=O) groups excluding carboxylic acids is 4. The predicted molar refractivity (Wildman–Crippen MR) is 118 cm³/mol. The molecule has 0 atom stereocenters. The molecule has 164 valence electrons. The summed E-state index contributed by atoms with van der Waals surface area (Å²) in [7, 11) is 0. The highest BCUT2D eigenvalue weighted by Gasteiger charge is 2.49. The molecule has 0 bridgehead atoms. The van der Waals surface area contributed by atoms with Crippen molar-refractivity contribution in [1.29, 1.82) is 0 Å². The maximum atomic E-state index is 12.7. The summed E-state index contributed by atoms with van der Waals surface area (Å²) in [5, 5.41) is 7.45. The second-order valence-corrected chi connectivity index (χ2v) is 7.98. The molecule has 0 saturated carbocycles. The number of hydrogen-bond acceptors (Lipinski definition) is 6. The van der Waals surface area contributed by atoms with E-state index in [1.54, 1.807) is 12.3 Å². The van der Waals surface area contributed by atoms with E-state index >= 15 is 0 Å². The van der Waals surface area contributed by atoms with Crippen molar-refractivity contribution in [2.24, 2.45) is 0 Å². The summed E-state index contributed by atoms with van der Waals surface area (Å²) in [6.07, 6.45) is 0.870. The van der Waals surface area contributed by atoms with Gasteiger partial charge in [0.05, 0.1) is 6.61 Å². The molecule has 1 saturated heterocycles. The summed E-state index contributed by atoms with van der Waals surface area (Å²) in [5.74, 6) is -1.54. The van der Waals surface area contributed by atoms with Crippen molar-refractivity contribution in [1.82, 2.24) is 10.2 Å². The van der Waals surface area contributed by atoms with Crippen LogP contribution in [-0.4, -0.2) is 47.4 Å². The summed E-state index contributed by atoms with van der Waals surface area (Å²) < 4.78 is 5.18. The molecule has 2 N–H and O–H groups in total. The van der Waals surface area contributed by atoms with Gasteiger partial charge in [0.15, 0.2) is 0 Å². The van der Waals surface area contributed by atoms with Crippen molar-refractivity contribution in [3.63, 3.8) is 0 Å². The Hall–Kier alpha value is -3.20. The molecule has 31 heavy (non-hydrogen) atoms. The fourth-order valence-electron chi connectivity index (χ4n) is 3.54. The number of amides is 4. The van der Waals surface area contributed by atoms with Crippen LogP contribution in [0.2, 0.25) is 0 Å².